The van der Waals surface area contributed by atoms with Crippen molar-refractivity contribution < 1.29 is 14.3 Å². The zero-order chi connectivity index (χ0) is 13.5. The van der Waals surface area contributed by atoms with Gasteiger partial charge in [0.15, 0.2) is 0 Å². The Bertz CT molecular complexity index is 285. The fourth-order valence-electron chi connectivity index (χ4n) is 2.74. The van der Waals surface area contributed by atoms with Crippen molar-refractivity contribution in [2.24, 2.45) is 17.8 Å². The fraction of sp³-hybridized carbons (Fsp3) is 0.867. The molecule has 1 rings (SSSR count). The topological polar surface area (TPSA) is 43.4 Å². The minimum Gasteiger partial charge on any atom is -0.466 e. The summed E-state index contributed by atoms with van der Waals surface area (Å²) in [4.78, 5) is 23.5. The van der Waals surface area contributed by atoms with Crippen LogP contribution in [0.4, 0.5) is 0 Å². The van der Waals surface area contributed by atoms with Gasteiger partial charge in [0, 0.05) is 12.3 Å². The number of esters is 1. The first-order chi connectivity index (χ1) is 8.56. The molecule has 3 atom stereocenters. The van der Waals surface area contributed by atoms with Gasteiger partial charge < -0.3 is 4.74 Å². The van der Waals surface area contributed by atoms with Crippen LogP contribution in [0.2, 0.25) is 0 Å². The first kappa shape index (κ1) is 15.2. The fourth-order valence-corrected chi connectivity index (χ4v) is 2.74. The number of carbonyl (C=O) groups is 2. The molecule has 0 N–H and O–H groups in total. The summed E-state index contributed by atoms with van der Waals surface area (Å²) in [6.45, 7) is 6.81. The van der Waals surface area contributed by atoms with Gasteiger partial charge in [0.25, 0.3) is 0 Å². The van der Waals surface area contributed by atoms with Crippen LogP contribution in [0.25, 0.3) is 0 Å². The quantitative estimate of drug-likeness (QED) is 0.683. The highest BCUT2D eigenvalue weighted by molar-refractivity contribution is 5.85. The zero-order valence-corrected chi connectivity index (χ0v) is 11.9. The monoisotopic (exact) mass is 254 g/mol. The molecule has 3 heteroatoms. The van der Waals surface area contributed by atoms with Crippen LogP contribution in [0.5, 0.6) is 0 Å². The Kier molecular flexibility index (Phi) is 6.37. The van der Waals surface area contributed by atoms with E-state index >= 15 is 0 Å². The van der Waals surface area contributed by atoms with E-state index in [4.69, 9.17) is 4.74 Å². The number of carbonyl (C=O) groups excluding carboxylic acids is 2. The Labute approximate surface area is 110 Å². The Morgan fingerprint density at radius 1 is 1.17 bits per heavy atom. The lowest BCUT2D eigenvalue weighted by atomic mass is 9.71. The Morgan fingerprint density at radius 2 is 1.89 bits per heavy atom. The molecule has 3 unspecified atom stereocenters. The van der Waals surface area contributed by atoms with Crippen LogP contribution >= 0.6 is 0 Å². The lowest BCUT2D eigenvalue weighted by Crippen LogP contribution is -2.30. The highest BCUT2D eigenvalue weighted by atomic mass is 16.5. The second-order valence-corrected chi connectivity index (χ2v) is 5.56. The van der Waals surface area contributed by atoms with Crippen molar-refractivity contribution in [3.8, 4) is 0 Å². The average Bonchev–Trinajstić information content (AvgIpc) is 2.36. The minimum absolute atomic E-state index is 0.160. The van der Waals surface area contributed by atoms with Gasteiger partial charge in [-0.25, -0.2) is 0 Å². The van der Waals surface area contributed by atoms with Crippen molar-refractivity contribution >= 4 is 11.8 Å². The Hall–Kier alpha value is -0.860. The molecule has 1 aliphatic carbocycles. The van der Waals surface area contributed by atoms with Crippen molar-refractivity contribution in [2.45, 2.75) is 59.3 Å². The summed E-state index contributed by atoms with van der Waals surface area (Å²) < 4.78 is 4.99. The Morgan fingerprint density at radius 3 is 2.56 bits per heavy atom. The summed E-state index contributed by atoms with van der Waals surface area (Å²) in [7, 11) is 0. The van der Waals surface area contributed by atoms with Crippen molar-refractivity contribution in [1.29, 1.82) is 0 Å². The van der Waals surface area contributed by atoms with Gasteiger partial charge >= 0.3 is 5.97 Å². The molecule has 0 saturated heterocycles. The molecule has 0 spiro atoms. The summed E-state index contributed by atoms with van der Waals surface area (Å²) in [5.74, 6) is 1.26. The van der Waals surface area contributed by atoms with E-state index in [1.807, 2.05) is 6.92 Å². The molecule has 1 aliphatic rings. The van der Waals surface area contributed by atoms with E-state index in [-0.39, 0.29) is 24.1 Å². The molecule has 0 aromatic carbocycles. The van der Waals surface area contributed by atoms with Gasteiger partial charge in [-0.15, -0.1) is 0 Å². The summed E-state index contributed by atoms with van der Waals surface area (Å²) in [5, 5.41) is 0. The molecule has 0 amide bonds. The number of ether oxygens (including phenoxy) is 1. The normalized spacial score (nSPS) is 27.8. The second kappa shape index (κ2) is 7.55. The van der Waals surface area contributed by atoms with Gasteiger partial charge in [-0.3, -0.25) is 9.59 Å². The molecular formula is C15H26O3. The van der Waals surface area contributed by atoms with Crippen molar-refractivity contribution in [1.82, 2.24) is 0 Å². The van der Waals surface area contributed by atoms with Gasteiger partial charge in [0.2, 0.25) is 0 Å². The molecule has 1 saturated carbocycles. The summed E-state index contributed by atoms with van der Waals surface area (Å²) in [5.41, 5.74) is 0. The summed E-state index contributed by atoms with van der Waals surface area (Å²) in [6, 6.07) is 0. The van der Waals surface area contributed by atoms with E-state index in [0.717, 1.165) is 19.3 Å². The summed E-state index contributed by atoms with van der Waals surface area (Å²) >= 11 is 0. The molecule has 0 aromatic rings. The molecule has 3 nitrogen and oxygen atoms in total. The maximum Gasteiger partial charge on any atom is 0.306 e. The molecule has 18 heavy (non-hydrogen) atoms. The number of ketones is 1. The maximum atomic E-state index is 12.1. The van der Waals surface area contributed by atoms with Crippen LogP contribution in [0.3, 0.4) is 0 Å². The van der Waals surface area contributed by atoms with Gasteiger partial charge in [0.1, 0.15) is 5.78 Å². The van der Waals surface area contributed by atoms with Crippen molar-refractivity contribution in [2.75, 3.05) is 6.61 Å². The lowest BCUT2D eigenvalue weighted by molar-refractivity contribution is -0.145. The van der Waals surface area contributed by atoms with Gasteiger partial charge in [-0.2, -0.15) is 0 Å². The molecule has 1 fully saturated rings. The third-order valence-electron chi connectivity index (χ3n) is 4.16. The van der Waals surface area contributed by atoms with E-state index in [1.165, 1.54) is 6.42 Å². The van der Waals surface area contributed by atoms with Crippen molar-refractivity contribution in [3.63, 3.8) is 0 Å². The second-order valence-electron chi connectivity index (χ2n) is 5.56. The van der Waals surface area contributed by atoms with Crippen LogP contribution < -0.4 is 0 Å². The molecule has 0 aromatic heterocycles. The van der Waals surface area contributed by atoms with Crippen LogP contribution in [0.15, 0.2) is 0 Å². The van der Waals surface area contributed by atoms with Crippen LogP contribution in [-0.4, -0.2) is 18.4 Å². The smallest absolute Gasteiger partial charge is 0.306 e. The van der Waals surface area contributed by atoms with E-state index in [2.05, 4.69) is 13.8 Å². The van der Waals surface area contributed by atoms with Crippen molar-refractivity contribution in [3.05, 3.63) is 0 Å². The molecule has 104 valence electrons. The highest BCUT2D eigenvalue weighted by Crippen LogP contribution is 2.35. The first-order valence-corrected chi connectivity index (χ1v) is 7.24. The predicted octanol–water partition coefficient (Wildman–Crippen LogP) is 3.36. The van der Waals surface area contributed by atoms with Crippen LogP contribution in [0.1, 0.15) is 59.3 Å². The molecule has 0 radical (unpaired) electrons. The van der Waals surface area contributed by atoms with Gasteiger partial charge in [0.05, 0.1) is 13.0 Å². The molecular weight excluding hydrogens is 228 g/mol. The lowest BCUT2D eigenvalue weighted by Gasteiger charge is -2.33. The van der Waals surface area contributed by atoms with Crippen LogP contribution in [0, 0.1) is 17.8 Å². The third-order valence-corrected chi connectivity index (χ3v) is 4.16. The maximum absolute atomic E-state index is 12.1. The molecule has 0 heterocycles. The predicted molar refractivity (Wildman–Crippen MR) is 71.2 cm³/mol. The van der Waals surface area contributed by atoms with E-state index in [9.17, 15) is 9.59 Å². The minimum atomic E-state index is -0.235. The highest BCUT2D eigenvalue weighted by Gasteiger charge is 2.31. The third kappa shape index (κ3) is 4.43. The number of rotatable bonds is 6. The number of Topliss-reactive ketones (excluding diaryl/α,β-unsaturated/α-hetero) is 1. The SMILES string of the molecule is CCCOC(=O)CCC(=O)C1CCCC(C)C1C. The van der Waals surface area contributed by atoms with Crippen LogP contribution in [-0.2, 0) is 14.3 Å². The number of hydrogen-bond donors (Lipinski definition) is 0. The van der Waals surface area contributed by atoms with E-state index < -0.39 is 0 Å². The van der Waals surface area contributed by atoms with E-state index in [0.29, 0.717) is 24.9 Å². The first-order valence-electron chi connectivity index (χ1n) is 7.24. The zero-order valence-electron chi connectivity index (χ0n) is 11.9. The molecule has 0 bridgehead atoms. The van der Waals surface area contributed by atoms with E-state index in [1.54, 1.807) is 0 Å². The molecule has 0 aliphatic heterocycles. The van der Waals surface area contributed by atoms with Gasteiger partial charge in [-0.05, 0) is 24.7 Å². The summed E-state index contributed by atoms with van der Waals surface area (Å²) in [6.07, 6.45) is 4.79. The average molecular weight is 254 g/mol. The van der Waals surface area contributed by atoms with Gasteiger partial charge in [-0.1, -0.05) is 33.6 Å². The number of hydrogen-bond acceptors (Lipinski definition) is 3. The standard InChI is InChI=1S/C15H26O3/c1-4-10-18-15(17)9-8-14(16)13-7-5-6-11(2)12(13)3/h11-13H,4-10H2,1-3H3. The largest absolute Gasteiger partial charge is 0.466 e. The Balaban J connectivity index is 2.33.